The Bertz CT molecular complexity index is 3660. The minimum Gasteiger partial charge on any atom is -0.0616 e. The Kier molecular flexibility index (Phi) is 7.96. The third-order valence-corrected chi connectivity index (χ3v) is 12.6. The lowest BCUT2D eigenvalue weighted by Crippen LogP contribution is -1.92. The summed E-state index contributed by atoms with van der Waals surface area (Å²) >= 11 is 0. The summed E-state index contributed by atoms with van der Waals surface area (Å²) in [7, 11) is 0. The van der Waals surface area contributed by atoms with Crippen LogP contribution in [0.3, 0.4) is 0 Å². The molecule has 0 heteroatoms. The fourth-order valence-corrected chi connectivity index (χ4v) is 9.79. The Hall–Kier alpha value is -7.80. The maximum Gasteiger partial charge on any atom is -0.00259 e. The van der Waals surface area contributed by atoms with E-state index in [1.54, 1.807) is 0 Å². The molecule has 0 aromatic heterocycles. The van der Waals surface area contributed by atoms with Crippen LogP contribution in [0.15, 0.2) is 218 Å². The van der Waals surface area contributed by atoms with Crippen LogP contribution >= 0.6 is 0 Å². The third kappa shape index (κ3) is 5.61. The van der Waals surface area contributed by atoms with Crippen LogP contribution in [0.25, 0.3) is 121 Å². The monoisotopic (exact) mass is 758 g/mol. The highest BCUT2D eigenvalue weighted by Crippen LogP contribution is 2.46. The maximum absolute atomic E-state index is 2.42. The van der Waals surface area contributed by atoms with E-state index in [4.69, 9.17) is 0 Å². The number of hydrogen-bond donors (Lipinski definition) is 0. The fourth-order valence-electron chi connectivity index (χ4n) is 9.79. The van der Waals surface area contributed by atoms with Gasteiger partial charge in [0.1, 0.15) is 0 Å². The quantitative estimate of drug-likeness (QED) is 0.121. The van der Waals surface area contributed by atoms with Crippen LogP contribution in [0.4, 0.5) is 0 Å². The predicted octanol–water partition coefficient (Wildman–Crippen LogP) is 16.9. The molecule has 0 fully saturated rings. The topological polar surface area (TPSA) is 0 Å². The first kappa shape index (κ1) is 34.3. The molecule has 0 N–H and O–H groups in total. The molecule has 278 valence electrons. The minimum atomic E-state index is 1.16. The van der Waals surface area contributed by atoms with Crippen molar-refractivity contribution in [1.29, 1.82) is 0 Å². The van der Waals surface area contributed by atoms with E-state index < -0.39 is 0 Å². The van der Waals surface area contributed by atoms with E-state index in [0.29, 0.717) is 0 Å². The van der Waals surface area contributed by atoms with Crippen molar-refractivity contribution >= 4 is 87.6 Å². The first-order chi connectivity index (χ1) is 29.7. The molecule has 0 spiro atoms. The van der Waals surface area contributed by atoms with Gasteiger partial charge in [-0.25, -0.2) is 0 Å². The van der Waals surface area contributed by atoms with E-state index >= 15 is 0 Å². The van der Waals surface area contributed by atoms with Gasteiger partial charge in [0, 0.05) is 0 Å². The molecule has 0 saturated heterocycles. The van der Waals surface area contributed by atoms with Gasteiger partial charge < -0.3 is 0 Å². The molecule has 0 heterocycles. The molecule has 12 aromatic carbocycles. The highest BCUT2D eigenvalue weighted by Gasteiger charge is 2.19. The van der Waals surface area contributed by atoms with Crippen LogP contribution in [-0.2, 0) is 0 Å². The van der Waals surface area contributed by atoms with Crippen LogP contribution in [-0.4, -0.2) is 0 Å². The van der Waals surface area contributed by atoms with Gasteiger partial charge in [0.15, 0.2) is 0 Å². The van der Waals surface area contributed by atoms with Crippen LogP contribution in [0.1, 0.15) is 11.1 Å². The van der Waals surface area contributed by atoms with Crippen molar-refractivity contribution in [2.24, 2.45) is 0 Å². The summed E-state index contributed by atoms with van der Waals surface area (Å²) < 4.78 is 0. The van der Waals surface area contributed by atoms with Gasteiger partial charge in [0.05, 0.1) is 0 Å². The Balaban J connectivity index is 1.09. The SMILES string of the molecule is C(=Cc1c2ccccc2c(-c2ccc3ccccc3c2)c2ccccc12)c1ccc2c(-c3ccc4ccccc4c3)c3ccccc3c(-c3ccc4ccccc4c3)c2c1. The van der Waals surface area contributed by atoms with Crippen molar-refractivity contribution in [1.82, 2.24) is 0 Å². The summed E-state index contributed by atoms with van der Waals surface area (Å²) in [6, 6.07) is 80.6. The molecule has 0 radical (unpaired) electrons. The van der Waals surface area contributed by atoms with Gasteiger partial charge in [-0.05, 0) is 144 Å². The van der Waals surface area contributed by atoms with Gasteiger partial charge in [-0.3, -0.25) is 0 Å². The second kappa shape index (κ2) is 13.9. The van der Waals surface area contributed by atoms with Gasteiger partial charge in [0.25, 0.3) is 0 Å². The zero-order valence-corrected chi connectivity index (χ0v) is 32.9. The largest absolute Gasteiger partial charge is 0.0616 e. The van der Waals surface area contributed by atoms with Crippen molar-refractivity contribution < 1.29 is 0 Å². The molecule has 0 bridgehead atoms. The Morgan fingerprint density at radius 3 is 0.983 bits per heavy atom. The average Bonchev–Trinajstić information content (AvgIpc) is 3.31. The van der Waals surface area contributed by atoms with E-state index in [0.717, 1.165) is 5.56 Å². The maximum atomic E-state index is 2.42. The summed E-state index contributed by atoms with van der Waals surface area (Å²) in [5.41, 5.74) is 9.90. The van der Waals surface area contributed by atoms with Crippen LogP contribution in [0.5, 0.6) is 0 Å². The molecule has 0 saturated carbocycles. The average molecular weight is 759 g/mol. The van der Waals surface area contributed by atoms with E-state index in [1.165, 1.54) is 114 Å². The summed E-state index contributed by atoms with van der Waals surface area (Å²) in [6.45, 7) is 0. The molecule has 12 rings (SSSR count). The number of hydrogen-bond acceptors (Lipinski definition) is 0. The van der Waals surface area contributed by atoms with Gasteiger partial charge in [-0.15, -0.1) is 0 Å². The first-order valence-electron chi connectivity index (χ1n) is 20.8. The normalized spacial score (nSPS) is 11.9. The third-order valence-electron chi connectivity index (χ3n) is 12.6. The Morgan fingerprint density at radius 1 is 0.217 bits per heavy atom. The molecule has 12 aromatic rings. The van der Waals surface area contributed by atoms with Crippen molar-refractivity contribution in [3.63, 3.8) is 0 Å². The minimum absolute atomic E-state index is 1.16. The standard InChI is InChI=1S/C60H38/c1-4-16-43-36-46(30-27-40(43)13-1)58-52-21-9-7-19-49(52)51(50-20-8-10-22-53(50)58)33-25-39-26-34-56-57(35-39)60(48-32-29-42-15-3-6-18-45(42)38-48)55-24-12-11-23-54(55)59(56)47-31-28-41-14-2-5-17-44(41)37-47/h1-38H. The lowest BCUT2D eigenvalue weighted by atomic mass is 9.84. The molecule has 0 atom stereocenters. The number of benzene rings is 12. The van der Waals surface area contributed by atoms with E-state index in [-0.39, 0.29) is 0 Å². The van der Waals surface area contributed by atoms with Crippen LogP contribution < -0.4 is 0 Å². The van der Waals surface area contributed by atoms with Crippen LogP contribution in [0.2, 0.25) is 0 Å². The molecular weight excluding hydrogens is 721 g/mol. The lowest BCUT2D eigenvalue weighted by Gasteiger charge is -2.19. The van der Waals surface area contributed by atoms with Gasteiger partial charge in [0.2, 0.25) is 0 Å². The summed E-state index contributed by atoms with van der Waals surface area (Å²) in [6.07, 6.45) is 4.66. The number of rotatable bonds is 5. The van der Waals surface area contributed by atoms with E-state index in [1.807, 2.05) is 0 Å². The van der Waals surface area contributed by atoms with Gasteiger partial charge in [-0.1, -0.05) is 206 Å². The summed E-state index contributed by atoms with van der Waals surface area (Å²) in [5.74, 6) is 0. The zero-order valence-electron chi connectivity index (χ0n) is 32.9. The van der Waals surface area contributed by atoms with E-state index in [2.05, 4.69) is 231 Å². The highest BCUT2D eigenvalue weighted by atomic mass is 14.2. The smallest absolute Gasteiger partial charge is 0.00259 e. The summed E-state index contributed by atoms with van der Waals surface area (Å²) in [4.78, 5) is 0. The molecular formula is C60H38. The zero-order chi connectivity index (χ0) is 39.6. The molecule has 60 heavy (non-hydrogen) atoms. The molecule has 0 aliphatic carbocycles. The van der Waals surface area contributed by atoms with Crippen molar-refractivity contribution in [3.8, 4) is 33.4 Å². The van der Waals surface area contributed by atoms with Crippen molar-refractivity contribution in [2.75, 3.05) is 0 Å². The Morgan fingerprint density at radius 2 is 0.550 bits per heavy atom. The molecule has 0 unspecified atom stereocenters. The van der Waals surface area contributed by atoms with E-state index in [9.17, 15) is 0 Å². The number of fused-ring (bicyclic) bond motifs is 7. The lowest BCUT2D eigenvalue weighted by molar-refractivity contribution is 1.67. The fraction of sp³-hybridized carbons (Fsp3) is 0. The van der Waals surface area contributed by atoms with Gasteiger partial charge >= 0.3 is 0 Å². The molecule has 0 nitrogen and oxygen atoms in total. The second-order valence-electron chi connectivity index (χ2n) is 16.0. The molecule has 0 aliphatic rings. The van der Waals surface area contributed by atoms with Crippen molar-refractivity contribution in [2.45, 2.75) is 0 Å². The molecule has 0 aliphatic heterocycles. The van der Waals surface area contributed by atoms with Crippen LogP contribution in [0, 0.1) is 0 Å². The van der Waals surface area contributed by atoms with Crippen molar-refractivity contribution in [3.05, 3.63) is 230 Å². The van der Waals surface area contributed by atoms with Gasteiger partial charge in [-0.2, -0.15) is 0 Å². The predicted molar refractivity (Wildman–Crippen MR) is 261 cm³/mol. The first-order valence-corrected chi connectivity index (χ1v) is 20.8. The second-order valence-corrected chi connectivity index (χ2v) is 16.0. The highest BCUT2D eigenvalue weighted by molar-refractivity contribution is 6.23. The summed E-state index contributed by atoms with van der Waals surface area (Å²) in [5, 5.41) is 17.5. The molecule has 0 amide bonds. The Labute approximate surface area is 348 Å².